The number of carbonyl (C=O) groups is 1. The first-order chi connectivity index (χ1) is 15.2. The van der Waals surface area contributed by atoms with Crippen LogP contribution in [0.25, 0.3) is 11.5 Å². The molecule has 2 aromatic carbocycles. The molecule has 1 heterocycles. The topological polar surface area (TPSA) is 85.6 Å². The molecule has 0 fully saturated rings. The molecule has 0 radical (unpaired) electrons. The molecule has 164 valence electrons. The fourth-order valence-corrected chi connectivity index (χ4v) is 2.86. The van der Waals surface area contributed by atoms with E-state index in [0.717, 1.165) is 24.1 Å². The Bertz CT molecular complexity index is 956. The number of anilines is 1. The van der Waals surface area contributed by atoms with Gasteiger partial charge in [-0.15, -0.1) is 0 Å². The van der Waals surface area contributed by atoms with Crippen LogP contribution in [0.1, 0.15) is 32.4 Å². The summed E-state index contributed by atoms with van der Waals surface area (Å²) in [4.78, 5) is 16.7. The van der Waals surface area contributed by atoms with E-state index < -0.39 is 0 Å². The molecule has 0 saturated carbocycles. The molecule has 0 unspecified atom stereocenters. The molecule has 3 rings (SSSR count). The van der Waals surface area contributed by atoms with Gasteiger partial charge in [-0.2, -0.15) is 0 Å². The van der Waals surface area contributed by atoms with Gasteiger partial charge in [0.05, 0.1) is 18.9 Å². The quantitative estimate of drug-likeness (QED) is 0.438. The van der Waals surface area contributed by atoms with Crippen molar-refractivity contribution in [1.82, 2.24) is 10.3 Å². The number of benzene rings is 2. The lowest BCUT2D eigenvalue weighted by Crippen LogP contribution is -2.30. The number of rotatable bonds is 11. The Balaban J connectivity index is 1.50. The first kappa shape index (κ1) is 22.2. The molecule has 0 spiro atoms. The van der Waals surface area contributed by atoms with E-state index in [9.17, 15) is 4.79 Å². The van der Waals surface area contributed by atoms with Gasteiger partial charge in [0.15, 0.2) is 11.5 Å². The summed E-state index contributed by atoms with van der Waals surface area (Å²) in [5.41, 5.74) is 2.35. The van der Waals surface area contributed by atoms with E-state index in [1.54, 1.807) is 18.4 Å². The van der Waals surface area contributed by atoms with Crippen molar-refractivity contribution in [2.24, 2.45) is 0 Å². The molecular weight excluding hydrogens is 394 g/mol. The van der Waals surface area contributed by atoms with E-state index in [0.29, 0.717) is 49.3 Å². The number of hydrogen-bond donors (Lipinski definition) is 2. The van der Waals surface area contributed by atoms with Crippen LogP contribution >= 0.6 is 0 Å². The summed E-state index contributed by atoms with van der Waals surface area (Å²) in [5.74, 6) is 1.88. The van der Waals surface area contributed by atoms with Crippen molar-refractivity contribution in [2.75, 3.05) is 25.1 Å². The van der Waals surface area contributed by atoms with Gasteiger partial charge in [0, 0.05) is 30.3 Å². The van der Waals surface area contributed by atoms with Crippen molar-refractivity contribution in [3.8, 4) is 23.0 Å². The van der Waals surface area contributed by atoms with Gasteiger partial charge in [0.2, 0.25) is 5.89 Å². The van der Waals surface area contributed by atoms with E-state index in [1.807, 2.05) is 50.2 Å². The maximum atomic E-state index is 12.3. The van der Waals surface area contributed by atoms with Crippen molar-refractivity contribution in [3.63, 3.8) is 0 Å². The first-order valence-electron chi connectivity index (χ1n) is 10.6. The Morgan fingerprint density at radius 2 is 1.74 bits per heavy atom. The van der Waals surface area contributed by atoms with E-state index in [2.05, 4.69) is 15.6 Å². The van der Waals surface area contributed by atoms with Crippen molar-refractivity contribution in [1.29, 1.82) is 0 Å². The SMILES string of the molecule is CCCOc1ccc(NC(=O)NCCc2coc(-c3ccccc3)n2)cc1OCCC. The average molecular weight is 424 g/mol. The lowest BCUT2D eigenvalue weighted by molar-refractivity contribution is 0.252. The van der Waals surface area contributed by atoms with Crippen LogP contribution in [0.15, 0.2) is 59.2 Å². The normalized spacial score (nSPS) is 10.5. The van der Waals surface area contributed by atoms with Gasteiger partial charge in [-0.3, -0.25) is 0 Å². The van der Waals surface area contributed by atoms with Crippen LogP contribution in [0.2, 0.25) is 0 Å². The minimum absolute atomic E-state index is 0.296. The van der Waals surface area contributed by atoms with Crippen molar-refractivity contribution < 1.29 is 18.7 Å². The highest BCUT2D eigenvalue weighted by Crippen LogP contribution is 2.31. The number of urea groups is 1. The smallest absolute Gasteiger partial charge is 0.319 e. The zero-order chi connectivity index (χ0) is 21.9. The van der Waals surface area contributed by atoms with Gasteiger partial charge in [0.1, 0.15) is 6.26 Å². The monoisotopic (exact) mass is 423 g/mol. The second kappa shape index (κ2) is 11.6. The number of aromatic nitrogens is 1. The molecule has 0 bridgehead atoms. The van der Waals surface area contributed by atoms with Crippen LogP contribution < -0.4 is 20.1 Å². The maximum Gasteiger partial charge on any atom is 0.319 e. The first-order valence-corrected chi connectivity index (χ1v) is 10.6. The zero-order valence-corrected chi connectivity index (χ0v) is 18.0. The highest BCUT2D eigenvalue weighted by Gasteiger charge is 2.10. The average Bonchev–Trinajstić information content (AvgIpc) is 3.26. The number of ether oxygens (including phenoxy) is 2. The highest BCUT2D eigenvalue weighted by atomic mass is 16.5. The van der Waals surface area contributed by atoms with Gasteiger partial charge >= 0.3 is 6.03 Å². The Morgan fingerprint density at radius 3 is 2.48 bits per heavy atom. The molecule has 31 heavy (non-hydrogen) atoms. The predicted molar refractivity (Wildman–Crippen MR) is 121 cm³/mol. The summed E-state index contributed by atoms with van der Waals surface area (Å²) in [6.45, 7) is 5.72. The molecule has 0 saturated heterocycles. The Morgan fingerprint density at radius 1 is 1.00 bits per heavy atom. The van der Waals surface area contributed by atoms with Crippen LogP contribution in [0.5, 0.6) is 11.5 Å². The fraction of sp³-hybridized carbons (Fsp3) is 0.333. The van der Waals surface area contributed by atoms with Crippen LogP contribution in [0, 0.1) is 0 Å². The number of hydrogen-bond acceptors (Lipinski definition) is 5. The summed E-state index contributed by atoms with van der Waals surface area (Å²) < 4.78 is 17.0. The van der Waals surface area contributed by atoms with Crippen LogP contribution in [-0.4, -0.2) is 30.8 Å². The van der Waals surface area contributed by atoms with Crippen LogP contribution in [0.3, 0.4) is 0 Å². The fourth-order valence-electron chi connectivity index (χ4n) is 2.86. The lowest BCUT2D eigenvalue weighted by atomic mass is 10.2. The van der Waals surface area contributed by atoms with Crippen molar-refractivity contribution >= 4 is 11.7 Å². The van der Waals surface area contributed by atoms with Crippen molar-refractivity contribution in [2.45, 2.75) is 33.1 Å². The van der Waals surface area contributed by atoms with E-state index in [-0.39, 0.29) is 6.03 Å². The van der Waals surface area contributed by atoms with E-state index in [1.165, 1.54) is 0 Å². The molecule has 7 heteroatoms. The summed E-state index contributed by atoms with van der Waals surface area (Å²) in [6, 6.07) is 14.8. The zero-order valence-electron chi connectivity index (χ0n) is 18.0. The Hall–Kier alpha value is -3.48. The molecule has 1 aromatic heterocycles. The number of oxazole rings is 1. The third-order valence-electron chi connectivity index (χ3n) is 4.36. The summed E-state index contributed by atoms with van der Waals surface area (Å²) >= 11 is 0. The Labute approximate surface area is 182 Å². The molecule has 0 aliphatic rings. The molecule has 7 nitrogen and oxygen atoms in total. The minimum Gasteiger partial charge on any atom is -0.490 e. The van der Waals surface area contributed by atoms with E-state index >= 15 is 0 Å². The number of amides is 2. The Kier molecular flexibility index (Phi) is 8.34. The largest absolute Gasteiger partial charge is 0.490 e. The highest BCUT2D eigenvalue weighted by molar-refractivity contribution is 5.89. The third kappa shape index (κ3) is 6.77. The predicted octanol–water partition coefficient (Wildman–Crippen LogP) is 5.28. The van der Waals surface area contributed by atoms with Gasteiger partial charge in [-0.25, -0.2) is 9.78 Å². The molecule has 0 atom stereocenters. The summed E-state index contributed by atoms with van der Waals surface area (Å²) in [6.07, 6.45) is 3.99. The van der Waals surface area contributed by atoms with Gasteiger partial charge in [-0.05, 0) is 37.1 Å². The molecule has 2 N–H and O–H groups in total. The molecule has 3 aromatic rings. The maximum absolute atomic E-state index is 12.3. The minimum atomic E-state index is -0.296. The summed E-state index contributed by atoms with van der Waals surface area (Å²) in [7, 11) is 0. The van der Waals surface area contributed by atoms with Crippen LogP contribution in [0.4, 0.5) is 10.5 Å². The number of nitrogens with zero attached hydrogens (tertiary/aromatic N) is 1. The second-order valence-corrected chi connectivity index (χ2v) is 7.00. The lowest BCUT2D eigenvalue weighted by Gasteiger charge is -2.14. The van der Waals surface area contributed by atoms with E-state index in [4.69, 9.17) is 13.9 Å². The van der Waals surface area contributed by atoms with Crippen LogP contribution in [-0.2, 0) is 6.42 Å². The molecular formula is C24H29N3O4. The molecule has 0 aliphatic heterocycles. The number of carbonyl (C=O) groups excluding carboxylic acids is 1. The molecule has 0 aliphatic carbocycles. The van der Waals surface area contributed by atoms with Gasteiger partial charge < -0.3 is 24.5 Å². The summed E-state index contributed by atoms with van der Waals surface area (Å²) in [5, 5.41) is 5.67. The number of nitrogens with one attached hydrogen (secondary N) is 2. The van der Waals surface area contributed by atoms with Gasteiger partial charge in [0.25, 0.3) is 0 Å². The second-order valence-electron chi connectivity index (χ2n) is 7.00. The third-order valence-corrected chi connectivity index (χ3v) is 4.36. The van der Waals surface area contributed by atoms with Gasteiger partial charge in [-0.1, -0.05) is 32.0 Å². The van der Waals surface area contributed by atoms with Crippen molar-refractivity contribution in [3.05, 3.63) is 60.5 Å². The standard InChI is InChI=1S/C24H29N3O4/c1-3-14-29-21-11-10-19(16-22(21)30-15-4-2)27-24(28)25-13-12-20-17-31-23(26-20)18-8-6-5-7-9-18/h5-11,16-17H,3-4,12-15H2,1-2H3,(H2,25,27,28). The molecule has 2 amide bonds.